The molecule has 1 aromatic rings. The molecular weight excluding hydrogens is 382 g/mol. The standard InChI is InChI=1S/C22H35N5O3/c1-16(2)20-23-13-18(14-24-20)21(29)27-9-4-7-22(30,8-12-27)15-26-10-5-19(6-11-26)25-17(3)28/h13-14,16,19,30H,4-12,15H2,1-3H3,(H,25,28). The number of hydrogen-bond acceptors (Lipinski definition) is 6. The average molecular weight is 418 g/mol. The SMILES string of the molecule is CC(=O)NC1CCN(CC2(O)CCCN(C(=O)c3cnc(C(C)C)nc3)CC2)CC1. The minimum atomic E-state index is -0.784. The summed E-state index contributed by atoms with van der Waals surface area (Å²) in [5, 5.41) is 14.2. The quantitative estimate of drug-likeness (QED) is 0.754. The lowest BCUT2D eigenvalue weighted by Gasteiger charge is -2.38. The zero-order chi connectivity index (χ0) is 21.7. The van der Waals surface area contributed by atoms with E-state index in [0.29, 0.717) is 38.0 Å². The zero-order valence-electron chi connectivity index (χ0n) is 18.4. The number of β-amino-alcohol motifs (C(OH)–C–C–N with tert-alkyl or cyclic N) is 1. The molecule has 8 heteroatoms. The molecule has 8 nitrogen and oxygen atoms in total. The molecule has 2 saturated heterocycles. The Hall–Kier alpha value is -2.06. The zero-order valence-corrected chi connectivity index (χ0v) is 18.4. The summed E-state index contributed by atoms with van der Waals surface area (Å²) >= 11 is 0. The van der Waals surface area contributed by atoms with Crippen LogP contribution in [0.5, 0.6) is 0 Å². The van der Waals surface area contributed by atoms with Gasteiger partial charge in [-0.15, -0.1) is 0 Å². The van der Waals surface area contributed by atoms with Gasteiger partial charge in [-0.3, -0.25) is 9.59 Å². The molecule has 30 heavy (non-hydrogen) atoms. The normalized spacial score (nSPS) is 24.0. The summed E-state index contributed by atoms with van der Waals surface area (Å²) < 4.78 is 0. The number of aliphatic hydroxyl groups is 1. The van der Waals surface area contributed by atoms with Crippen molar-refractivity contribution in [2.24, 2.45) is 0 Å². The molecular formula is C22H35N5O3. The van der Waals surface area contributed by atoms with Crippen molar-refractivity contribution in [2.75, 3.05) is 32.7 Å². The molecule has 0 saturated carbocycles. The van der Waals surface area contributed by atoms with E-state index in [1.165, 1.54) is 0 Å². The number of nitrogens with zero attached hydrogens (tertiary/aromatic N) is 4. The van der Waals surface area contributed by atoms with Crippen LogP contribution in [-0.2, 0) is 4.79 Å². The van der Waals surface area contributed by atoms with E-state index in [1.54, 1.807) is 19.3 Å². The van der Waals surface area contributed by atoms with Gasteiger partial charge in [0, 0.05) is 64.0 Å². The fourth-order valence-corrected chi connectivity index (χ4v) is 4.41. The van der Waals surface area contributed by atoms with E-state index in [4.69, 9.17) is 0 Å². The summed E-state index contributed by atoms with van der Waals surface area (Å²) in [6.45, 7) is 9.13. The van der Waals surface area contributed by atoms with Crippen LogP contribution in [0, 0.1) is 0 Å². The van der Waals surface area contributed by atoms with Gasteiger partial charge < -0.3 is 20.2 Å². The smallest absolute Gasteiger partial charge is 0.256 e. The number of nitrogens with one attached hydrogen (secondary N) is 1. The largest absolute Gasteiger partial charge is 0.388 e. The van der Waals surface area contributed by atoms with Crippen LogP contribution >= 0.6 is 0 Å². The Labute approximate surface area is 179 Å². The molecule has 0 spiro atoms. The van der Waals surface area contributed by atoms with Gasteiger partial charge in [0.15, 0.2) is 0 Å². The molecule has 0 aromatic carbocycles. The Kier molecular flexibility index (Phi) is 7.41. The summed E-state index contributed by atoms with van der Waals surface area (Å²) in [4.78, 5) is 36.8. The van der Waals surface area contributed by atoms with Crippen molar-refractivity contribution in [1.29, 1.82) is 0 Å². The highest BCUT2D eigenvalue weighted by Crippen LogP contribution is 2.26. The summed E-state index contributed by atoms with van der Waals surface area (Å²) in [6, 6.07) is 0.236. The maximum atomic E-state index is 12.9. The predicted molar refractivity (Wildman–Crippen MR) is 114 cm³/mol. The second-order valence-corrected chi connectivity index (χ2v) is 9.11. The molecule has 2 N–H and O–H groups in total. The molecule has 3 rings (SSSR count). The second-order valence-electron chi connectivity index (χ2n) is 9.11. The third-order valence-electron chi connectivity index (χ3n) is 6.15. The van der Waals surface area contributed by atoms with Gasteiger partial charge >= 0.3 is 0 Å². The van der Waals surface area contributed by atoms with Gasteiger partial charge in [0.2, 0.25) is 5.91 Å². The number of likely N-dealkylation sites (tertiary alicyclic amines) is 2. The third-order valence-corrected chi connectivity index (χ3v) is 6.15. The molecule has 3 heterocycles. The van der Waals surface area contributed by atoms with Gasteiger partial charge in [0.1, 0.15) is 5.82 Å². The number of aromatic nitrogens is 2. The first-order valence-corrected chi connectivity index (χ1v) is 11.1. The predicted octanol–water partition coefficient (Wildman–Crippen LogP) is 1.56. The average Bonchev–Trinajstić information content (AvgIpc) is 2.90. The number of carbonyl (C=O) groups excluding carboxylic acids is 2. The van der Waals surface area contributed by atoms with Gasteiger partial charge in [0.25, 0.3) is 5.91 Å². The van der Waals surface area contributed by atoms with E-state index in [9.17, 15) is 14.7 Å². The van der Waals surface area contributed by atoms with Crippen LogP contribution in [0.25, 0.3) is 0 Å². The molecule has 166 valence electrons. The number of piperidine rings is 1. The van der Waals surface area contributed by atoms with Crippen molar-refractivity contribution in [1.82, 2.24) is 25.1 Å². The molecule has 1 unspecified atom stereocenters. The third kappa shape index (κ3) is 5.98. The van der Waals surface area contributed by atoms with E-state index in [2.05, 4.69) is 20.2 Å². The van der Waals surface area contributed by atoms with Crippen molar-refractivity contribution in [3.05, 3.63) is 23.8 Å². The summed E-state index contributed by atoms with van der Waals surface area (Å²) in [7, 11) is 0. The Bertz CT molecular complexity index is 731. The van der Waals surface area contributed by atoms with Crippen molar-refractivity contribution in [3.63, 3.8) is 0 Å². The van der Waals surface area contributed by atoms with Crippen LogP contribution in [0.3, 0.4) is 0 Å². The fourth-order valence-electron chi connectivity index (χ4n) is 4.41. The van der Waals surface area contributed by atoms with E-state index in [0.717, 1.165) is 38.2 Å². The highest BCUT2D eigenvalue weighted by molar-refractivity contribution is 5.93. The first-order valence-electron chi connectivity index (χ1n) is 11.1. The highest BCUT2D eigenvalue weighted by atomic mass is 16.3. The molecule has 0 bridgehead atoms. The molecule has 2 aliphatic heterocycles. The van der Waals surface area contributed by atoms with Gasteiger partial charge in [-0.05, 0) is 32.1 Å². The molecule has 1 aromatic heterocycles. The van der Waals surface area contributed by atoms with Gasteiger partial charge in [-0.1, -0.05) is 13.8 Å². The van der Waals surface area contributed by atoms with Crippen molar-refractivity contribution in [2.45, 2.75) is 70.4 Å². The molecule has 0 aliphatic carbocycles. The van der Waals surface area contributed by atoms with Gasteiger partial charge in [-0.2, -0.15) is 0 Å². The number of rotatable bonds is 5. The van der Waals surface area contributed by atoms with E-state index in [1.807, 2.05) is 18.7 Å². The number of carbonyl (C=O) groups is 2. The minimum Gasteiger partial charge on any atom is -0.388 e. The highest BCUT2D eigenvalue weighted by Gasteiger charge is 2.34. The van der Waals surface area contributed by atoms with E-state index < -0.39 is 5.60 Å². The lowest BCUT2D eigenvalue weighted by molar-refractivity contribution is -0.120. The summed E-state index contributed by atoms with van der Waals surface area (Å²) in [5.41, 5.74) is -0.279. The van der Waals surface area contributed by atoms with E-state index in [-0.39, 0.29) is 23.8 Å². The monoisotopic (exact) mass is 417 g/mol. The molecule has 2 fully saturated rings. The lowest BCUT2D eigenvalue weighted by Crippen LogP contribution is -2.50. The first-order chi connectivity index (χ1) is 14.3. The summed E-state index contributed by atoms with van der Waals surface area (Å²) in [6.07, 6.45) is 7.07. The maximum Gasteiger partial charge on any atom is 0.256 e. The maximum absolute atomic E-state index is 12.9. The van der Waals surface area contributed by atoms with Crippen LogP contribution in [0.4, 0.5) is 0 Å². The van der Waals surface area contributed by atoms with Crippen LogP contribution < -0.4 is 5.32 Å². The Morgan fingerprint density at radius 2 is 1.83 bits per heavy atom. The number of hydrogen-bond donors (Lipinski definition) is 2. The Morgan fingerprint density at radius 1 is 1.17 bits per heavy atom. The topological polar surface area (TPSA) is 98.7 Å². The van der Waals surface area contributed by atoms with Crippen molar-refractivity contribution < 1.29 is 14.7 Å². The molecule has 2 amide bonds. The molecule has 0 radical (unpaired) electrons. The fraction of sp³-hybridized carbons (Fsp3) is 0.727. The van der Waals surface area contributed by atoms with Crippen LogP contribution in [-0.4, -0.2) is 81.1 Å². The first kappa shape index (κ1) is 22.6. The van der Waals surface area contributed by atoms with Gasteiger partial charge in [-0.25, -0.2) is 9.97 Å². The van der Waals surface area contributed by atoms with Crippen LogP contribution in [0.2, 0.25) is 0 Å². The van der Waals surface area contributed by atoms with Crippen molar-refractivity contribution in [3.8, 4) is 0 Å². The lowest BCUT2D eigenvalue weighted by atomic mass is 9.93. The minimum absolute atomic E-state index is 0.0184. The Balaban J connectivity index is 1.52. The second kappa shape index (κ2) is 9.83. The van der Waals surface area contributed by atoms with Crippen LogP contribution in [0.1, 0.15) is 75.0 Å². The molecule has 1 atom stereocenters. The summed E-state index contributed by atoms with van der Waals surface area (Å²) in [5.74, 6) is 0.917. The van der Waals surface area contributed by atoms with Crippen LogP contribution in [0.15, 0.2) is 12.4 Å². The van der Waals surface area contributed by atoms with Gasteiger partial charge in [0.05, 0.1) is 11.2 Å². The Morgan fingerprint density at radius 3 is 2.43 bits per heavy atom. The molecule has 2 aliphatic rings. The number of amides is 2. The van der Waals surface area contributed by atoms with E-state index >= 15 is 0 Å². The van der Waals surface area contributed by atoms with Crippen molar-refractivity contribution >= 4 is 11.8 Å².